The zero-order valence-corrected chi connectivity index (χ0v) is 12.0. The second-order valence-corrected chi connectivity index (χ2v) is 6.22. The van der Waals surface area contributed by atoms with Gasteiger partial charge in [0.05, 0.1) is 0 Å². The molecule has 1 unspecified atom stereocenters. The number of nitrogens with zero attached hydrogens (tertiary/aromatic N) is 1. The fourth-order valence-electron chi connectivity index (χ4n) is 4.10. The Bertz CT molecular complexity index is 759. The van der Waals surface area contributed by atoms with Gasteiger partial charge in [0.15, 0.2) is 0 Å². The minimum absolute atomic E-state index is 0.390. The molecule has 108 valence electrons. The van der Waals surface area contributed by atoms with E-state index in [2.05, 4.69) is 41.3 Å². The van der Waals surface area contributed by atoms with Crippen molar-refractivity contribution in [3.8, 4) is 0 Å². The summed E-state index contributed by atoms with van der Waals surface area (Å²) in [6.45, 7) is 0.753. The summed E-state index contributed by atoms with van der Waals surface area (Å²) in [5, 5.41) is 10.4. The average molecular weight is 282 g/mol. The molecule has 0 amide bonds. The predicted molar refractivity (Wildman–Crippen MR) is 81.5 cm³/mol. The summed E-state index contributed by atoms with van der Waals surface area (Å²) < 4.78 is 0. The number of aromatic nitrogens is 1. The van der Waals surface area contributed by atoms with Gasteiger partial charge in [0.1, 0.15) is 0 Å². The van der Waals surface area contributed by atoms with Gasteiger partial charge in [-0.05, 0) is 42.7 Å². The Hall–Kier alpha value is -2.07. The lowest BCUT2D eigenvalue weighted by Gasteiger charge is -2.43. The SMILES string of the molecule is CN1CC(=CC(=O)O)CC2c3cccc4[nH]cc(c34)C[C@H]21. The topological polar surface area (TPSA) is 56.3 Å². The molecule has 1 aromatic heterocycles. The zero-order valence-electron chi connectivity index (χ0n) is 12.0. The van der Waals surface area contributed by atoms with E-state index in [-0.39, 0.29) is 0 Å². The number of likely N-dealkylation sites (tertiary alicyclic amines) is 1. The standard InChI is InChI=1S/C17H18N2O2/c1-19-9-10(6-16(20)21)5-13-12-3-2-4-14-17(12)11(8-18-14)7-15(13)19/h2-4,6,8,13,15,18H,5,7,9H2,1H3,(H,20,21)/t13?,15-/m1/s1. The molecular weight excluding hydrogens is 264 g/mol. The number of H-pyrrole nitrogens is 1. The van der Waals surface area contributed by atoms with Crippen LogP contribution in [0.4, 0.5) is 0 Å². The highest BCUT2D eigenvalue weighted by molar-refractivity contribution is 5.88. The van der Waals surface area contributed by atoms with E-state index < -0.39 is 5.97 Å². The molecule has 1 saturated heterocycles. The number of aliphatic carboxylic acids is 1. The molecule has 1 aliphatic carbocycles. The molecule has 2 heterocycles. The van der Waals surface area contributed by atoms with Crippen LogP contribution in [0.3, 0.4) is 0 Å². The monoisotopic (exact) mass is 282 g/mol. The summed E-state index contributed by atoms with van der Waals surface area (Å²) in [6, 6.07) is 6.87. The third-order valence-corrected chi connectivity index (χ3v) is 4.94. The average Bonchev–Trinajstić information content (AvgIpc) is 2.84. The largest absolute Gasteiger partial charge is 0.478 e. The minimum atomic E-state index is -0.840. The van der Waals surface area contributed by atoms with Crippen molar-refractivity contribution in [2.24, 2.45) is 0 Å². The van der Waals surface area contributed by atoms with Crippen LogP contribution in [0.1, 0.15) is 23.5 Å². The minimum Gasteiger partial charge on any atom is -0.478 e. The number of fused-ring (bicyclic) bond motifs is 2. The first-order valence-corrected chi connectivity index (χ1v) is 7.35. The molecule has 2 N–H and O–H groups in total. The first kappa shape index (κ1) is 12.7. The van der Waals surface area contributed by atoms with Crippen LogP contribution in [0.25, 0.3) is 10.9 Å². The summed E-state index contributed by atoms with van der Waals surface area (Å²) >= 11 is 0. The molecular formula is C17H18N2O2. The first-order valence-electron chi connectivity index (χ1n) is 7.35. The Kier molecular flexibility index (Phi) is 2.69. The van der Waals surface area contributed by atoms with Gasteiger partial charge in [-0.3, -0.25) is 4.90 Å². The van der Waals surface area contributed by atoms with E-state index >= 15 is 0 Å². The van der Waals surface area contributed by atoms with Crippen LogP contribution < -0.4 is 0 Å². The van der Waals surface area contributed by atoms with Crippen molar-refractivity contribution in [1.82, 2.24) is 9.88 Å². The Morgan fingerprint density at radius 2 is 2.29 bits per heavy atom. The van der Waals surface area contributed by atoms with Gasteiger partial charge in [-0.1, -0.05) is 12.1 Å². The van der Waals surface area contributed by atoms with Gasteiger partial charge < -0.3 is 10.1 Å². The molecule has 21 heavy (non-hydrogen) atoms. The van der Waals surface area contributed by atoms with Gasteiger partial charge in [0, 0.05) is 41.7 Å². The maximum atomic E-state index is 11.0. The van der Waals surface area contributed by atoms with Crippen molar-refractivity contribution in [1.29, 1.82) is 0 Å². The van der Waals surface area contributed by atoms with Crippen LogP contribution in [0.2, 0.25) is 0 Å². The Morgan fingerprint density at radius 3 is 3.10 bits per heavy atom. The van der Waals surface area contributed by atoms with Crippen molar-refractivity contribution in [2.75, 3.05) is 13.6 Å². The number of carboxylic acids is 1. The lowest BCUT2D eigenvalue weighted by molar-refractivity contribution is -0.131. The van der Waals surface area contributed by atoms with Crippen LogP contribution in [0.15, 0.2) is 36.0 Å². The molecule has 0 radical (unpaired) electrons. The normalized spacial score (nSPS) is 27.0. The Morgan fingerprint density at radius 1 is 1.43 bits per heavy atom. The predicted octanol–water partition coefficient (Wildman–Crippen LogP) is 2.52. The summed E-state index contributed by atoms with van der Waals surface area (Å²) in [6.07, 6.45) is 5.41. The summed E-state index contributed by atoms with van der Waals surface area (Å²) in [5.74, 6) is -0.449. The molecule has 2 aliphatic rings. The van der Waals surface area contributed by atoms with E-state index in [4.69, 9.17) is 5.11 Å². The molecule has 2 aromatic rings. The number of carbonyl (C=O) groups is 1. The lowest BCUT2D eigenvalue weighted by atomic mass is 9.74. The van der Waals surface area contributed by atoms with Crippen molar-refractivity contribution < 1.29 is 9.90 Å². The van der Waals surface area contributed by atoms with Crippen LogP contribution in [0, 0.1) is 0 Å². The van der Waals surface area contributed by atoms with Crippen molar-refractivity contribution in [2.45, 2.75) is 24.8 Å². The Labute approximate surface area is 123 Å². The third-order valence-electron chi connectivity index (χ3n) is 4.94. The molecule has 4 nitrogen and oxygen atoms in total. The third kappa shape index (κ3) is 1.90. The van der Waals surface area contributed by atoms with E-state index in [1.807, 2.05) is 0 Å². The van der Waals surface area contributed by atoms with Crippen LogP contribution in [0.5, 0.6) is 0 Å². The van der Waals surface area contributed by atoms with E-state index in [9.17, 15) is 4.79 Å². The van der Waals surface area contributed by atoms with Gasteiger partial charge >= 0.3 is 5.97 Å². The number of hydrogen-bond donors (Lipinski definition) is 2. The van der Waals surface area contributed by atoms with Crippen LogP contribution in [-0.2, 0) is 11.2 Å². The van der Waals surface area contributed by atoms with Gasteiger partial charge in [-0.15, -0.1) is 0 Å². The molecule has 1 fully saturated rings. The zero-order chi connectivity index (χ0) is 14.6. The fraction of sp³-hybridized carbons (Fsp3) is 0.353. The summed E-state index contributed by atoms with van der Waals surface area (Å²) in [7, 11) is 2.10. The molecule has 0 spiro atoms. The number of carboxylic acid groups (broad SMARTS) is 1. The fourth-order valence-corrected chi connectivity index (χ4v) is 4.10. The van der Waals surface area contributed by atoms with E-state index in [1.54, 1.807) is 0 Å². The van der Waals surface area contributed by atoms with Gasteiger partial charge in [0.2, 0.25) is 0 Å². The number of nitrogens with one attached hydrogen (secondary N) is 1. The first-order chi connectivity index (χ1) is 10.1. The number of aromatic amines is 1. The van der Waals surface area contributed by atoms with Gasteiger partial charge in [-0.25, -0.2) is 4.79 Å². The molecule has 0 saturated carbocycles. The maximum absolute atomic E-state index is 11.0. The molecule has 4 heteroatoms. The van der Waals surface area contributed by atoms with Crippen LogP contribution >= 0.6 is 0 Å². The number of likely N-dealkylation sites (N-methyl/N-ethyl adjacent to an activating group) is 1. The van der Waals surface area contributed by atoms with Crippen molar-refractivity contribution in [3.05, 3.63) is 47.2 Å². The summed E-state index contributed by atoms with van der Waals surface area (Å²) in [4.78, 5) is 16.6. The number of rotatable bonds is 1. The lowest BCUT2D eigenvalue weighted by Crippen LogP contribution is -2.45. The van der Waals surface area contributed by atoms with Gasteiger partial charge in [-0.2, -0.15) is 0 Å². The second-order valence-electron chi connectivity index (χ2n) is 6.22. The second kappa shape index (κ2) is 4.46. The molecule has 4 rings (SSSR count). The van der Waals surface area contributed by atoms with E-state index in [0.29, 0.717) is 12.0 Å². The van der Waals surface area contributed by atoms with E-state index in [0.717, 1.165) is 25.0 Å². The van der Waals surface area contributed by atoms with Gasteiger partial charge in [0.25, 0.3) is 0 Å². The smallest absolute Gasteiger partial charge is 0.328 e. The molecule has 1 aliphatic heterocycles. The molecule has 2 atom stereocenters. The highest BCUT2D eigenvalue weighted by atomic mass is 16.4. The number of benzene rings is 1. The van der Waals surface area contributed by atoms with Crippen LogP contribution in [-0.4, -0.2) is 40.6 Å². The molecule has 0 bridgehead atoms. The summed E-state index contributed by atoms with van der Waals surface area (Å²) in [5.41, 5.74) is 4.96. The van der Waals surface area contributed by atoms with Crippen molar-refractivity contribution >= 4 is 16.9 Å². The number of piperidine rings is 1. The highest BCUT2D eigenvalue weighted by Gasteiger charge is 2.37. The number of hydrogen-bond acceptors (Lipinski definition) is 2. The quantitative estimate of drug-likeness (QED) is 0.790. The van der Waals surface area contributed by atoms with E-state index in [1.165, 1.54) is 28.1 Å². The highest BCUT2D eigenvalue weighted by Crippen LogP contribution is 2.43. The Balaban J connectivity index is 1.83. The van der Waals surface area contributed by atoms with Crippen molar-refractivity contribution in [3.63, 3.8) is 0 Å². The molecule has 1 aromatic carbocycles. The maximum Gasteiger partial charge on any atom is 0.328 e.